The van der Waals surface area contributed by atoms with Gasteiger partial charge in [0.1, 0.15) is 5.15 Å². The highest BCUT2D eigenvalue weighted by molar-refractivity contribution is 6.32. The summed E-state index contributed by atoms with van der Waals surface area (Å²) in [5.41, 5.74) is 1.28. The number of nitrogens with zero attached hydrogens (tertiary/aromatic N) is 2. The van der Waals surface area contributed by atoms with Gasteiger partial charge in [0.05, 0.1) is 11.8 Å². The van der Waals surface area contributed by atoms with Crippen molar-refractivity contribution in [2.45, 2.75) is 6.54 Å². The number of halogens is 1. The molecule has 0 bridgehead atoms. The fourth-order valence-corrected chi connectivity index (χ4v) is 2.08. The first-order valence-corrected chi connectivity index (χ1v) is 6.37. The largest absolute Gasteiger partial charge is 0.454 e. The maximum Gasteiger partial charge on any atom is 0.256 e. The van der Waals surface area contributed by atoms with Crippen molar-refractivity contribution in [3.63, 3.8) is 0 Å². The minimum absolute atomic E-state index is 0.233. The number of amides is 1. The molecule has 6 nitrogen and oxygen atoms in total. The molecule has 0 saturated heterocycles. The molecule has 0 radical (unpaired) electrons. The normalized spacial score (nSPS) is 12.5. The maximum absolute atomic E-state index is 12.0. The first kappa shape index (κ1) is 12.8. The third-order valence-corrected chi connectivity index (χ3v) is 3.45. The van der Waals surface area contributed by atoms with Crippen LogP contribution in [0.1, 0.15) is 15.9 Å². The molecule has 3 rings (SSSR count). The number of rotatable bonds is 3. The summed E-state index contributed by atoms with van der Waals surface area (Å²) in [5, 5.41) is 7.03. The van der Waals surface area contributed by atoms with Crippen LogP contribution in [0.5, 0.6) is 11.5 Å². The minimum atomic E-state index is -0.263. The highest BCUT2D eigenvalue weighted by Gasteiger charge is 2.16. The molecular weight excluding hydrogens is 282 g/mol. The van der Waals surface area contributed by atoms with Crippen molar-refractivity contribution in [2.24, 2.45) is 7.05 Å². The van der Waals surface area contributed by atoms with E-state index < -0.39 is 0 Å². The third-order valence-electron chi connectivity index (χ3n) is 3.00. The second-order valence-corrected chi connectivity index (χ2v) is 4.70. The summed E-state index contributed by atoms with van der Waals surface area (Å²) in [6.07, 6.45) is 1.44. The van der Waals surface area contributed by atoms with Crippen molar-refractivity contribution in [2.75, 3.05) is 6.79 Å². The van der Waals surface area contributed by atoms with Crippen LogP contribution in [-0.2, 0) is 13.6 Å². The first-order valence-electron chi connectivity index (χ1n) is 5.99. The molecule has 1 aromatic carbocycles. The van der Waals surface area contributed by atoms with Crippen LogP contribution in [0.15, 0.2) is 24.4 Å². The molecule has 0 fully saturated rings. The molecule has 0 saturated carbocycles. The lowest BCUT2D eigenvalue weighted by atomic mass is 10.2. The summed E-state index contributed by atoms with van der Waals surface area (Å²) in [5.74, 6) is 1.15. The Kier molecular flexibility index (Phi) is 3.23. The van der Waals surface area contributed by atoms with Gasteiger partial charge in [0.25, 0.3) is 5.91 Å². The summed E-state index contributed by atoms with van der Waals surface area (Å²) in [7, 11) is 1.68. The van der Waals surface area contributed by atoms with Crippen molar-refractivity contribution in [3.8, 4) is 11.5 Å². The van der Waals surface area contributed by atoms with Gasteiger partial charge in [-0.25, -0.2) is 0 Å². The van der Waals surface area contributed by atoms with Crippen LogP contribution >= 0.6 is 11.6 Å². The standard InChI is InChI=1S/C13H12ClN3O3/c1-17-12(14)9(6-16-17)13(18)15-5-8-2-3-10-11(4-8)20-7-19-10/h2-4,6H,5,7H2,1H3,(H,15,18). The third kappa shape index (κ3) is 2.30. The van der Waals surface area contributed by atoms with Gasteiger partial charge in [-0.3, -0.25) is 9.48 Å². The number of benzene rings is 1. The van der Waals surface area contributed by atoms with Crippen molar-refractivity contribution in [1.82, 2.24) is 15.1 Å². The summed E-state index contributed by atoms with van der Waals surface area (Å²) < 4.78 is 12.0. The number of nitrogens with one attached hydrogen (secondary N) is 1. The number of aryl methyl sites for hydroxylation is 1. The predicted molar refractivity (Wildman–Crippen MR) is 72.0 cm³/mol. The quantitative estimate of drug-likeness (QED) is 0.936. The molecule has 2 aromatic rings. The molecule has 1 N–H and O–H groups in total. The van der Waals surface area contributed by atoms with Gasteiger partial charge < -0.3 is 14.8 Å². The van der Waals surface area contributed by atoms with E-state index in [1.807, 2.05) is 18.2 Å². The Hall–Kier alpha value is -2.21. The minimum Gasteiger partial charge on any atom is -0.454 e. The molecule has 1 aromatic heterocycles. The van der Waals surface area contributed by atoms with Crippen LogP contribution in [0.25, 0.3) is 0 Å². The maximum atomic E-state index is 12.0. The number of hydrogen-bond donors (Lipinski definition) is 1. The van der Waals surface area contributed by atoms with E-state index in [9.17, 15) is 4.79 Å². The molecule has 0 spiro atoms. The molecule has 1 amide bonds. The van der Waals surface area contributed by atoms with Crippen molar-refractivity contribution in [1.29, 1.82) is 0 Å². The van der Waals surface area contributed by atoms with Gasteiger partial charge >= 0.3 is 0 Å². The van der Waals surface area contributed by atoms with Crippen LogP contribution < -0.4 is 14.8 Å². The van der Waals surface area contributed by atoms with Crippen LogP contribution in [0, 0.1) is 0 Å². The second kappa shape index (κ2) is 5.05. The van der Waals surface area contributed by atoms with Crippen LogP contribution in [0.3, 0.4) is 0 Å². The van der Waals surface area contributed by atoms with Crippen LogP contribution in [0.4, 0.5) is 0 Å². The summed E-state index contributed by atoms with van der Waals surface area (Å²) in [4.78, 5) is 12.0. The molecule has 1 aliphatic rings. The Morgan fingerprint density at radius 2 is 2.25 bits per heavy atom. The molecule has 0 atom stereocenters. The molecule has 1 aliphatic heterocycles. The number of ether oxygens (including phenoxy) is 2. The molecule has 0 unspecified atom stereocenters. The van der Waals surface area contributed by atoms with Crippen LogP contribution in [-0.4, -0.2) is 22.5 Å². The highest BCUT2D eigenvalue weighted by atomic mass is 35.5. The summed E-state index contributed by atoms with van der Waals surface area (Å²) in [6.45, 7) is 0.608. The van der Waals surface area contributed by atoms with Crippen molar-refractivity contribution in [3.05, 3.63) is 40.7 Å². The van der Waals surface area contributed by atoms with Crippen molar-refractivity contribution < 1.29 is 14.3 Å². The zero-order valence-electron chi connectivity index (χ0n) is 10.7. The molecule has 0 aliphatic carbocycles. The number of carbonyl (C=O) groups is 1. The lowest BCUT2D eigenvalue weighted by Gasteiger charge is -2.05. The number of carbonyl (C=O) groups excluding carboxylic acids is 1. The number of hydrogen-bond acceptors (Lipinski definition) is 4. The van der Waals surface area contributed by atoms with E-state index in [2.05, 4.69) is 10.4 Å². The fraction of sp³-hybridized carbons (Fsp3) is 0.231. The Morgan fingerprint density at radius 3 is 3.00 bits per heavy atom. The Morgan fingerprint density at radius 1 is 1.45 bits per heavy atom. The SMILES string of the molecule is Cn1ncc(C(=O)NCc2ccc3c(c2)OCO3)c1Cl. The van der Waals surface area contributed by atoms with E-state index in [1.165, 1.54) is 10.9 Å². The fourth-order valence-electron chi connectivity index (χ4n) is 1.90. The van der Waals surface area contributed by atoms with Crippen molar-refractivity contribution >= 4 is 17.5 Å². The van der Waals surface area contributed by atoms with Gasteiger partial charge in [-0.2, -0.15) is 5.10 Å². The van der Waals surface area contributed by atoms with Crippen LogP contribution in [0.2, 0.25) is 5.15 Å². The number of fused-ring (bicyclic) bond motifs is 1. The van der Waals surface area contributed by atoms with E-state index in [1.54, 1.807) is 7.05 Å². The zero-order chi connectivity index (χ0) is 14.1. The second-order valence-electron chi connectivity index (χ2n) is 4.34. The Bertz CT molecular complexity index is 669. The summed E-state index contributed by atoms with van der Waals surface area (Å²) in [6, 6.07) is 5.53. The monoisotopic (exact) mass is 293 g/mol. The smallest absolute Gasteiger partial charge is 0.256 e. The van der Waals surface area contributed by atoms with Gasteiger partial charge in [-0.05, 0) is 17.7 Å². The average molecular weight is 294 g/mol. The van der Waals surface area contributed by atoms with E-state index in [4.69, 9.17) is 21.1 Å². The zero-order valence-corrected chi connectivity index (χ0v) is 11.5. The van der Waals surface area contributed by atoms with Gasteiger partial charge in [0.15, 0.2) is 11.5 Å². The molecule has 2 heterocycles. The molecule has 7 heteroatoms. The van der Waals surface area contributed by atoms with E-state index in [0.29, 0.717) is 23.0 Å². The van der Waals surface area contributed by atoms with Gasteiger partial charge in [0, 0.05) is 13.6 Å². The average Bonchev–Trinajstić information content (AvgIpc) is 3.03. The van der Waals surface area contributed by atoms with E-state index in [0.717, 1.165) is 11.3 Å². The topological polar surface area (TPSA) is 65.4 Å². The van der Waals surface area contributed by atoms with Gasteiger partial charge in [0.2, 0.25) is 6.79 Å². The first-order chi connectivity index (χ1) is 9.65. The lowest BCUT2D eigenvalue weighted by molar-refractivity contribution is 0.0951. The highest BCUT2D eigenvalue weighted by Crippen LogP contribution is 2.32. The number of aromatic nitrogens is 2. The van der Waals surface area contributed by atoms with E-state index >= 15 is 0 Å². The predicted octanol–water partition coefficient (Wildman–Crippen LogP) is 1.73. The lowest BCUT2D eigenvalue weighted by Crippen LogP contribution is -2.22. The Labute approximate surface area is 120 Å². The molecule has 20 heavy (non-hydrogen) atoms. The Balaban J connectivity index is 1.67. The van der Waals surface area contributed by atoms with E-state index in [-0.39, 0.29) is 12.7 Å². The van der Waals surface area contributed by atoms with Gasteiger partial charge in [-0.1, -0.05) is 17.7 Å². The molecule has 104 valence electrons. The van der Waals surface area contributed by atoms with Gasteiger partial charge in [-0.15, -0.1) is 0 Å². The summed E-state index contributed by atoms with van der Waals surface area (Å²) >= 11 is 5.97. The molecular formula is C13H12ClN3O3.